The van der Waals surface area contributed by atoms with E-state index in [-0.39, 0.29) is 12.1 Å². The van der Waals surface area contributed by atoms with Gasteiger partial charge in [0.25, 0.3) is 5.91 Å². The molecule has 3 aromatic rings. The summed E-state index contributed by atoms with van der Waals surface area (Å²) >= 11 is 13.3. The number of halogens is 2. The van der Waals surface area contributed by atoms with Crippen LogP contribution in [0.2, 0.25) is 10.0 Å². The Morgan fingerprint density at radius 1 is 1.11 bits per heavy atom. The molecule has 140 valence electrons. The maximum Gasteiger partial charge on any atom is 0.325 e. The van der Waals surface area contributed by atoms with Gasteiger partial charge in [-0.25, -0.2) is 0 Å². The van der Waals surface area contributed by atoms with Gasteiger partial charge in [-0.05, 0) is 49.2 Å². The first-order valence-corrected chi connectivity index (χ1v) is 9.58. The molecule has 0 saturated carbocycles. The van der Waals surface area contributed by atoms with Gasteiger partial charge < -0.3 is 9.30 Å². The number of fused-ring (bicyclic) bond motifs is 1. The lowest BCUT2D eigenvalue weighted by molar-refractivity contribution is -0.141. The van der Waals surface area contributed by atoms with Crippen LogP contribution in [0, 0.1) is 13.8 Å². The highest BCUT2D eigenvalue weighted by Gasteiger charge is 2.15. The molecule has 0 aliphatic heterocycles. The van der Waals surface area contributed by atoms with Crippen LogP contribution in [0.1, 0.15) is 21.5 Å². The van der Waals surface area contributed by atoms with Crippen molar-refractivity contribution in [2.75, 3.05) is 7.11 Å². The van der Waals surface area contributed by atoms with Gasteiger partial charge in [0.15, 0.2) is 4.80 Å². The minimum atomic E-state index is -0.487. The number of methoxy groups -OCH3 is 1. The summed E-state index contributed by atoms with van der Waals surface area (Å²) in [6, 6.07) is 8.58. The van der Waals surface area contributed by atoms with Gasteiger partial charge in [0.1, 0.15) is 6.54 Å². The van der Waals surface area contributed by atoms with Crippen molar-refractivity contribution in [1.82, 2.24) is 4.57 Å². The molecule has 0 fully saturated rings. The number of carbonyl (C=O) groups is 2. The normalized spacial score (nSPS) is 11.8. The lowest BCUT2D eigenvalue weighted by Gasteiger charge is -2.06. The molecule has 5 nitrogen and oxygen atoms in total. The average Bonchev–Trinajstić information content (AvgIpc) is 2.90. The zero-order valence-corrected chi connectivity index (χ0v) is 17.2. The minimum absolute atomic E-state index is 0.0389. The number of aromatic nitrogens is 1. The van der Waals surface area contributed by atoms with E-state index in [1.165, 1.54) is 30.6 Å². The van der Waals surface area contributed by atoms with E-state index in [1.807, 2.05) is 26.0 Å². The maximum absolute atomic E-state index is 12.6. The van der Waals surface area contributed by atoms with Gasteiger partial charge in [-0.2, -0.15) is 4.99 Å². The quantitative estimate of drug-likeness (QED) is 0.581. The van der Waals surface area contributed by atoms with E-state index in [2.05, 4.69) is 4.99 Å². The number of aryl methyl sites for hydroxylation is 2. The zero-order valence-electron chi connectivity index (χ0n) is 14.9. The molecule has 1 heterocycles. The summed E-state index contributed by atoms with van der Waals surface area (Å²) in [6.45, 7) is 3.91. The Kier molecular flexibility index (Phi) is 5.69. The lowest BCUT2D eigenvalue weighted by Crippen LogP contribution is -2.22. The summed E-state index contributed by atoms with van der Waals surface area (Å²) in [7, 11) is 1.32. The molecule has 0 unspecified atom stereocenters. The number of thiazole rings is 1. The number of ether oxygens (including phenoxy) is 1. The maximum atomic E-state index is 12.6. The van der Waals surface area contributed by atoms with Crippen LogP contribution in [0.4, 0.5) is 0 Å². The van der Waals surface area contributed by atoms with Crippen LogP contribution in [0.15, 0.2) is 35.3 Å². The highest BCUT2D eigenvalue weighted by molar-refractivity contribution is 7.16. The third kappa shape index (κ3) is 4.24. The molecular weight excluding hydrogens is 407 g/mol. The van der Waals surface area contributed by atoms with Crippen molar-refractivity contribution >= 4 is 56.6 Å². The van der Waals surface area contributed by atoms with E-state index < -0.39 is 11.9 Å². The molecule has 0 spiro atoms. The molecule has 0 bridgehead atoms. The molecule has 0 atom stereocenters. The van der Waals surface area contributed by atoms with Crippen molar-refractivity contribution in [3.63, 3.8) is 0 Å². The average molecular weight is 423 g/mol. The monoisotopic (exact) mass is 422 g/mol. The van der Waals surface area contributed by atoms with Crippen molar-refractivity contribution < 1.29 is 14.3 Å². The number of esters is 1. The summed E-state index contributed by atoms with van der Waals surface area (Å²) < 4.78 is 7.43. The van der Waals surface area contributed by atoms with Gasteiger partial charge in [-0.1, -0.05) is 40.6 Å². The number of nitrogens with zero attached hydrogens (tertiary/aromatic N) is 2. The molecule has 0 radical (unpaired) electrons. The van der Waals surface area contributed by atoms with Crippen LogP contribution < -0.4 is 4.80 Å². The number of hydrogen-bond donors (Lipinski definition) is 0. The van der Waals surface area contributed by atoms with Crippen LogP contribution in [-0.2, 0) is 16.1 Å². The second-order valence-electron chi connectivity index (χ2n) is 6.05. The summed E-state index contributed by atoms with van der Waals surface area (Å²) in [5.74, 6) is -0.909. The third-order valence-corrected chi connectivity index (χ3v) is 5.40. The van der Waals surface area contributed by atoms with Crippen molar-refractivity contribution in [3.8, 4) is 0 Å². The molecule has 1 amide bonds. The Bertz CT molecular complexity index is 1110. The van der Waals surface area contributed by atoms with Crippen molar-refractivity contribution in [2.45, 2.75) is 20.4 Å². The molecular formula is C19H16Cl2N2O3S. The number of amides is 1. The van der Waals surface area contributed by atoms with Gasteiger partial charge in [0.05, 0.1) is 17.3 Å². The van der Waals surface area contributed by atoms with Crippen LogP contribution in [-0.4, -0.2) is 23.6 Å². The minimum Gasteiger partial charge on any atom is -0.468 e. The highest BCUT2D eigenvalue weighted by atomic mass is 35.5. The standard InChI is InChI=1S/C19H16Cl2N2O3S/c1-10-4-11(2)17-15(5-10)27-19(23(17)9-16(24)26-3)22-18(25)12-6-13(20)8-14(21)7-12/h4-8H,9H2,1-3H3. The number of hydrogen-bond acceptors (Lipinski definition) is 4. The molecule has 2 aromatic carbocycles. The van der Waals surface area contributed by atoms with Gasteiger partial charge >= 0.3 is 5.97 Å². The van der Waals surface area contributed by atoms with E-state index in [0.717, 1.165) is 21.3 Å². The van der Waals surface area contributed by atoms with E-state index in [4.69, 9.17) is 27.9 Å². The lowest BCUT2D eigenvalue weighted by atomic mass is 10.1. The summed E-state index contributed by atoms with van der Waals surface area (Å²) in [5.41, 5.74) is 3.21. The Morgan fingerprint density at radius 3 is 2.41 bits per heavy atom. The van der Waals surface area contributed by atoms with E-state index in [9.17, 15) is 9.59 Å². The predicted molar refractivity (Wildman–Crippen MR) is 108 cm³/mol. The molecule has 0 saturated heterocycles. The van der Waals surface area contributed by atoms with Crippen LogP contribution in [0.3, 0.4) is 0 Å². The second kappa shape index (κ2) is 7.84. The van der Waals surface area contributed by atoms with Crippen LogP contribution in [0.5, 0.6) is 0 Å². The first-order chi connectivity index (χ1) is 12.8. The topological polar surface area (TPSA) is 60.7 Å². The summed E-state index contributed by atoms with van der Waals surface area (Å²) in [4.78, 5) is 29.2. The Hall–Kier alpha value is -2.15. The number of benzene rings is 2. The summed E-state index contributed by atoms with van der Waals surface area (Å²) in [5, 5.41) is 0.706. The fraction of sp³-hybridized carbons (Fsp3) is 0.211. The number of rotatable bonds is 3. The van der Waals surface area contributed by atoms with E-state index in [0.29, 0.717) is 14.8 Å². The Labute approximate surface area is 169 Å². The van der Waals surface area contributed by atoms with E-state index in [1.54, 1.807) is 10.6 Å². The van der Waals surface area contributed by atoms with Gasteiger partial charge in [-0.15, -0.1) is 0 Å². The van der Waals surface area contributed by atoms with Gasteiger partial charge in [0.2, 0.25) is 0 Å². The molecule has 0 aliphatic carbocycles. The van der Waals surface area contributed by atoms with E-state index >= 15 is 0 Å². The number of carbonyl (C=O) groups excluding carboxylic acids is 2. The highest BCUT2D eigenvalue weighted by Crippen LogP contribution is 2.24. The second-order valence-corrected chi connectivity index (χ2v) is 7.93. The van der Waals surface area contributed by atoms with Crippen molar-refractivity contribution in [2.24, 2.45) is 4.99 Å². The largest absolute Gasteiger partial charge is 0.468 e. The molecule has 3 rings (SSSR count). The Balaban J connectivity index is 2.21. The zero-order chi connectivity index (χ0) is 19.7. The van der Waals surface area contributed by atoms with Gasteiger partial charge in [0, 0.05) is 15.6 Å². The fourth-order valence-corrected chi connectivity index (χ4v) is 4.58. The molecule has 0 aliphatic rings. The summed E-state index contributed by atoms with van der Waals surface area (Å²) in [6.07, 6.45) is 0. The molecule has 0 N–H and O–H groups in total. The predicted octanol–water partition coefficient (Wildman–Crippen LogP) is 4.54. The third-order valence-electron chi connectivity index (χ3n) is 3.93. The van der Waals surface area contributed by atoms with Crippen molar-refractivity contribution in [3.05, 3.63) is 61.9 Å². The van der Waals surface area contributed by atoms with Crippen molar-refractivity contribution in [1.29, 1.82) is 0 Å². The molecule has 8 heteroatoms. The Morgan fingerprint density at radius 2 is 1.78 bits per heavy atom. The SMILES string of the molecule is COC(=O)Cn1c(=NC(=O)c2cc(Cl)cc(Cl)c2)sc2cc(C)cc(C)c21. The van der Waals surface area contributed by atoms with Gasteiger partial charge in [-0.3, -0.25) is 9.59 Å². The van der Waals surface area contributed by atoms with Crippen LogP contribution in [0.25, 0.3) is 10.2 Å². The fourth-order valence-electron chi connectivity index (χ4n) is 2.85. The first-order valence-electron chi connectivity index (χ1n) is 8.01. The molecule has 1 aromatic heterocycles. The van der Waals surface area contributed by atoms with Crippen LogP contribution >= 0.6 is 34.5 Å². The molecule has 27 heavy (non-hydrogen) atoms. The smallest absolute Gasteiger partial charge is 0.325 e. The first kappa shape index (κ1) is 19.6.